The molecular formula is C11H15N3O2S. The average Bonchev–Trinajstić information content (AvgIpc) is 3.07. The van der Waals surface area contributed by atoms with Crippen LogP contribution in [0.25, 0.3) is 0 Å². The standard InChI is InChI=1S/C11H15N3O2S/c12-8-3-6-17-9(8)11(16)14-5-4-13-10(15)7-1-2-7/h3,6-7H,1-2,4-5,12H2,(H,13,15)(H,14,16). The number of nitrogens with one attached hydrogen (secondary N) is 2. The van der Waals surface area contributed by atoms with Gasteiger partial charge in [-0.3, -0.25) is 9.59 Å². The van der Waals surface area contributed by atoms with Gasteiger partial charge in [-0.1, -0.05) is 0 Å². The van der Waals surface area contributed by atoms with Crippen molar-refractivity contribution in [1.29, 1.82) is 0 Å². The molecule has 1 saturated carbocycles. The molecule has 5 nitrogen and oxygen atoms in total. The summed E-state index contributed by atoms with van der Waals surface area (Å²) < 4.78 is 0. The van der Waals surface area contributed by atoms with Crippen LogP contribution in [0.1, 0.15) is 22.5 Å². The van der Waals surface area contributed by atoms with Gasteiger partial charge in [0, 0.05) is 19.0 Å². The smallest absolute Gasteiger partial charge is 0.263 e. The van der Waals surface area contributed by atoms with Crippen LogP contribution in [0, 0.1) is 5.92 Å². The summed E-state index contributed by atoms with van der Waals surface area (Å²) in [6, 6.07) is 1.70. The maximum absolute atomic E-state index is 11.6. The normalized spacial score (nSPS) is 14.4. The minimum Gasteiger partial charge on any atom is -0.397 e. The molecule has 1 aliphatic rings. The lowest BCUT2D eigenvalue weighted by molar-refractivity contribution is -0.122. The molecule has 2 amide bonds. The number of nitrogens with two attached hydrogens (primary N) is 1. The Hall–Kier alpha value is -1.56. The van der Waals surface area contributed by atoms with Crippen LogP contribution in [0.15, 0.2) is 11.4 Å². The number of amides is 2. The zero-order valence-electron chi connectivity index (χ0n) is 9.36. The fraction of sp³-hybridized carbons (Fsp3) is 0.455. The fourth-order valence-electron chi connectivity index (χ4n) is 1.44. The number of rotatable bonds is 5. The first-order valence-electron chi connectivity index (χ1n) is 5.57. The number of hydrogen-bond donors (Lipinski definition) is 3. The summed E-state index contributed by atoms with van der Waals surface area (Å²) in [6.45, 7) is 0.890. The molecule has 0 aromatic carbocycles. The Morgan fingerprint density at radius 3 is 2.65 bits per heavy atom. The highest BCUT2D eigenvalue weighted by molar-refractivity contribution is 7.12. The van der Waals surface area contributed by atoms with E-state index in [2.05, 4.69) is 10.6 Å². The third-order valence-corrected chi connectivity index (χ3v) is 3.49. The molecule has 1 fully saturated rings. The van der Waals surface area contributed by atoms with E-state index in [9.17, 15) is 9.59 Å². The second-order valence-electron chi connectivity index (χ2n) is 4.03. The maximum Gasteiger partial charge on any atom is 0.263 e. The Balaban J connectivity index is 1.66. The highest BCUT2D eigenvalue weighted by Gasteiger charge is 2.28. The minimum absolute atomic E-state index is 0.0925. The molecule has 6 heteroatoms. The van der Waals surface area contributed by atoms with Gasteiger partial charge in [0.1, 0.15) is 4.88 Å². The minimum atomic E-state index is -0.182. The maximum atomic E-state index is 11.6. The highest BCUT2D eigenvalue weighted by Crippen LogP contribution is 2.28. The molecular weight excluding hydrogens is 238 g/mol. The molecule has 2 rings (SSSR count). The molecule has 1 heterocycles. The molecule has 1 aromatic heterocycles. The van der Waals surface area contributed by atoms with Gasteiger partial charge < -0.3 is 16.4 Å². The molecule has 0 bridgehead atoms. The molecule has 0 saturated heterocycles. The first-order valence-corrected chi connectivity index (χ1v) is 6.45. The topological polar surface area (TPSA) is 84.2 Å². The lowest BCUT2D eigenvalue weighted by Gasteiger charge is -2.06. The Morgan fingerprint density at radius 1 is 1.35 bits per heavy atom. The highest BCUT2D eigenvalue weighted by atomic mass is 32.1. The van der Waals surface area contributed by atoms with Crippen molar-refractivity contribution in [2.24, 2.45) is 5.92 Å². The van der Waals surface area contributed by atoms with Gasteiger partial charge in [-0.05, 0) is 24.3 Å². The van der Waals surface area contributed by atoms with E-state index in [4.69, 9.17) is 5.73 Å². The van der Waals surface area contributed by atoms with E-state index in [1.54, 1.807) is 11.4 Å². The predicted molar refractivity (Wildman–Crippen MR) is 66.8 cm³/mol. The lowest BCUT2D eigenvalue weighted by Crippen LogP contribution is -2.35. The summed E-state index contributed by atoms with van der Waals surface area (Å²) in [5, 5.41) is 7.27. The van der Waals surface area contributed by atoms with Crippen molar-refractivity contribution >= 4 is 28.8 Å². The largest absolute Gasteiger partial charge is 0.397 e. The van der Waals surface area contributed by atoms with Crippen molar-refractivity contribution in [3.05, 3.63) is 16.3 Å². The Morgan fingerprint density at radius 2 is 2.06 bits per heavy atom. The molecule has 17 heavy (non-hydrogen) atoms. The zero-order chi connectivity index (χ0) is 12.3. The second-order valence-corrected chi connectivity index (χ2v) is 4.94. The van der Waals surface area contributed by atoms with Crippen LogP contribution >= 0.6 is 11.3 Å². The third-order valence-electron chi connectivity index (χ3n) is 2.56. The summed E-state index contributed by atoms with van der Waals surface area (Å²) >= 11 is 1.31. The molecule has 0 aliphatic heterocycles. The van der Waals surface area contributed by atoms with Crippen molar-refractivity contribution < 1.29 is 9.59 Å². The Bertz CT molecular complexity index is 426. The molecule has 0 atom stereocenters. The monoisotopic (exact) mass is 253 g/mol. The van der Waals surface area contributed by atoms with Gasteiger partial charge in [0.2, 0.25) is 5.91 Å². The van der Waals surface area contributed by atoms with E-state index >= 15 is 0 Å². The fourth-order valence-corrected chi connectivity index (χ4v) is 2.17. The van der Waals surface area contributed by atoms with Gasteiger partial charge in [0.15, 0.2) is 0 Å². The van der Waals surface area contributed by atoms with Crippen molar-refractivity contribution in [3.8, 4) is 0 Å². The van der Waals surface area contributed by atoms with Gasteiger partial charge in [-0.2, -0.15) is 0 Å². The van der Waals surface area contributed by atoms with Crippen LogP contribution < -0.4 is 16.4 Å². The Labute approximate surface area is 103 Å². The van der Waals surface area contributed by atoms with E-state index < -0.39 is 0 Å². The van der Waals surface area contributed by atoms with E-state index in [-0.39, 0.29) is 17.7 Å². The number of anilines is 1. The average molecular weight is 253 g/mol. The summed E-state index contributed by atoms with van der Waals surface area (Å²) in [5.74, 6) is 0.117. The number of carbonyl (C=O) groups is 2. The van der Waals surface area contributed by atoms with Gasteiger partial charge in [-0.25, -0.2) is 0 Å². The number of thiophene rings is 1. The lowest BCUT2D eigenvalue weighted by atomic mass is 10.3. The molecule has 1 aromatic rings. The molecule has 4 N–H and O–H groups in total. The molecule has 0 unspecified atom stereocenters. The van der Waals surface area contributed by atoms with Gasteiger partial charge >= 0.3 is 0 Å². The molecule has 1 aliphatic carbocycles. The SMILES string of the molecule is Nc1ccsc1C(=O)NCCNC(=O)C1CC1. The summed E-state index contributed by atoms with van der Waals surface area (Å²) in [4.78, 5) is 23.4. The van der Waals surface area contributed by atoms with Crippen LogP contribution in [0.4, 0.5) is 5.69 Å². The molecule has 0 spiro atoms. The zero-order valence-corrected chi connectivity index (χ0v) is 10.2. The quantitative estimate of drug-likeness (QED) is 0.671. The van der Waals surface area contributed by atoms with Gasteiger partial charge in [0.05, 0.1) is 5.69 Å². The Kier molecular flexibility index (Phi) is 3.63. The second kappa shape index (κ2) is 5.18. The van der Waals surface area contributed by atoms with Crippen LogP contribution in [-0.4, -0.2) is 24.9 Å². The summed E-state index contributed by atoms with van der Waals surface area (Å²) in [6.07, 6.45) is 1.98. The third kappa shape index (κ3) is 3.20. The van der Waals surface area contributed by atoms with E-state index in [0.29, 0.717) is 23.7 Å². The predicted octanol–water partition coefficient (Wildman–Crippen LogP) is 0.586. The van der Waals surface area contributed by atoms with Crippen molar-refractivity contribution in [3.63, 3.8) is 0 Å². The van der Waals surface area contributed by atoms with E-state index in [0.717, 1.165) is 12.8 Å². The van der Waals surface area contributed by atoms with Gasteiger partial charge in [-0.15, -0.1) is 11.3 Å². The number of carbonyl (C=O) groups excluding carboxylic acids is 2. The molecule has 0 radical (unpaired) electrons. The van der Waals surface area contributed by atoms with Crippen LogP contribution in [0.5, 0.6) is 0 Å². The van der Waals surface area contributed by atoms with E-state index in [1.165, 1.54) is 11.3 Å². The van der Waals surface area contributed by atoms with Gasteiger partial charge in [0.25, 0.3) is 5.91 Å². The van der Waals surface area contributed by atoms with Crippen LogP contribution in [-0.2, 0) is 4.79 Å². The molecule has 92 valence electrons. The van der Waals surface area contributed by atoms with Crippen molar-refractivity contribution in [1.82, 2.24) is 10.6 Å². The first-order chi connectivity index (χ1) is 8.18. The number of nitrogen functional groups attached to an aromatic ring is 1. The summed E-state index contributed by atoms with van der Waals surface area (Å²) in [5.41, 5.74) is 6.12. The van der Waals surface area contributed by atoms with Crippen molar-refractivity contribution in [2.75, 3.05) is 18.8 Å². The summed E-state index contributed by atoms with van der Waals surface area (Å²) in [7, 11) is 0. The van der Waals surface area contributed by atoms with Crippen LogP contribution in [0.2, 0.25) is 0 Å². The van der Waals surface area contributed by atoms with Crippen LogP contribution in [0.3, 0.4) is 0 Å². The first kappa shape index (κ1) is 11.9. The van der Waals surface area contributed by atoms with E-state index in [1.807, 2.05) is 0 Å². The van der Waals surface area contributed by atoms with Crippen molar-refractivity contribution in [2.45, 2.75) is 12.8 Å². The number of hydrogen-bond acceptors (Lipinski definition) is 4.